The summed E-state index contributed by atoms with van der Waals surface area (Å²) >= 11 is 9.51. The zero-order valence-electron chi connectivity index (χ0n) is 17.2. The van der Waals surface area contributed by atoms with E-state index in [1.165, 1.54) is 5.69 Å². The number of hydrogen-bond donors (Lipinski definition) is 1. The van der Waals surface area contributed by atoms with Gasteiger partial charge in [-0.15, -0.1) is 0 Å². The number of piperazine rings is 1. The van der Waals surface area contributed by atoms with Crippen LogP contribution in [0, 0.1) is 0 Å². The summed E-state index contributed by atoms with van der Waals surface area (Å²) in [7, 11) is 0. The molecule has 1 N–H and O–H groups in total. The van der Waals surface area contributed by atoms with Gasteiger partial charge in [0.05, 0.1) is 6.61 Å². The lowest BCUT2D eigenvalue weighted by atomic mass is 10.1. The van der Waals surface area contributed by atoms with Gasteiger partial charge in [0, 0.05) is 53.5 Å². The molecule has 1 amide bonds. The highest BCUT2D eigenvalue weighted by Crippen LogP contribution is 2.25. The first-order valence-corrected chi connectivity index (χ1v) is 11.6. The van der Waals surface area contributed by atoms with Gasteiger partial charge < -0.3 is 4.90 Å². The monoisotopic (exact) mass is 501 g/mol. The molecular weight excluding hydrogens is 478 g/mol. The van der Waals surface area contributed by atoms with Crippen LogP contribution < -0.4 is 10.4 Å². The van der Waals surface area contributed by atoms with E-state index in [0.717, 1.165) is 59.4 Å². The molecule has 0 bridgehead atoms. The van der Waals surface area contributed by atoms with Crippen molar-refractivity contribution in [3.05, 3.63) is 75.7 Å². The molecule has 0 atom stereocenters. The van der Waals surface area contributed by atoms with E-state index in [-0.39, 0.29) is 5.91 Å². The van der Waals surface area contributed by atoms with Gasteiger partial charge in [-0.05, 0) is 53.6 Å². The SMILES string of the molecule is O=C(NOCCCN1CCN(c2ccc(Cl)cc2)CC1)c1cc(Br)c2ccccc2c1. The van der Waals surface area contributed by atoms with Gasteiger partial charge in [0.2, 0.25) is 0 Å². The molecule has 1 fully saturated rings. The Balaban J connectivity index is 1.16. The van der Waals surface area contributed by atoms with Gasteiger partial charge in [-0.25, -0.2) is 5.48 Å². The van der Waals surface area contributed by atoms with Crippen LogP contribution in [0.5, 0.6) is 0 Å². The summed E-state index contributed by atoms with van der Waals surface area (Å²) in [4.78, 5) is 22.7. The lowest BCUT2D eigenvalue weighted by molar-refractivity contribution is 0.0276. The molecule has 4 rings (SSSR count). The quantitative estimate of drug-likeness (QED) is 0.359. The third-order valence-corrected chi connectivity index (χ3v) is 6.43. The van der Waals surface area contributed by atoms with Crippen LogP contribution in [0.2, 0.25) is 5.02 Å². The lowest BCUT2D eigenvalue weighted by Gasteiger charge is -2.36. The number of carbonyl (C=O) groups is 1. The van der Waals surface area contributed by atoms with Crippen LogP contribution in [0.1, 0.15) is 16.8 Å². The van der Waals surface area contributed by atoms with Gasteiger partial charge in [-0.3, -0.25) is 14.5 Å². The van der Waals surface area contributed by atoms with Crippen molar-refractivity contribution in [1.29, 1.82) is 0 Å². The first kappa shape index (κ1) is 22.1. The standard InChI is InChI=1S/C24H25BrClN3O2/c25-23-17-19(16-18-4-1-2-5-22(18)23)24(30)27-31-15-3-10-28-11-13-29(14-12-28)21-8-6-20(26)7-9-21/h1-2,4-9,16-17H,3,10-15H2,(H,27,30). The maximum atomic E-state index is 12.4. The van der Waals surface area contributed by atoms with Crippen LogP contribution in [0.25, 0.3) is 10.8 Å². The Morgan fingerprint density at radius 3 is 2.55 bits per heavy atom. The minimum atomic E-state index is -0.233. The van der Waals surface area contributed by atoms with Crippen molar-refractivity contribution >= 4 is 49.9 Å². The molecule has 3 aromatic rings. The maximum absolute atomic E-state index is 12.4. The minimum Gasteiger partial charge on any atom is -0.369 e. The average molecular weight is 503 g/mol. The third-order valence-electron chi connectivity index (χ3n) is 5.52. The van der Waals surface area contributed by atoms with Gasteiger partial charge in [0.25, 0.3) is 5.91 Å². The molecule has 1 aliphatic heterocycles. The van der Waals surface area contributed by atoms with Crippen molar-refractivity contribution in [1.82, 2.24) is 10.4 Å². The number of halogens is 2. The molecule has 31 heavy (non-hydrogen) atoms. The molecule has 162 valence electrons. The molecule has 1 aliphatic rings. The van der Waals surface area contributed by atoms with Crippen LogP contribution in [-0.4, -0.2) is 50.1 Å². The van der Waals surface area contributed by atoms with Gasteiger partial charge in [0.1, 0.15) is 0 Å². The first-order chi connectivity index (χ1) is 15.1. The molecule has 0 saturated carbocycles. The highest BCUT2D eigenvalue weighted by molar-refractivity contribution is 9.10. The second-order valence-electron chi connectivity index (χ2n) is 7.62. The van der Waals surface area contributed by atoms with E-state index in [0.29, 0.717) is 12.2 Å². The van der Waals surface area contributed by atoms with E-state index in [9.17, 15) is 4.79 Å². The Morgan fingerprint density at radius 2 is 1.77 bits per heavy atom. The predicted molar refractivity (Wildman–Crippen MR) is 130 cm³/mol. The molecule has 5 nitrogen and oxygen atoms in total. The summed E-state index contributed by atoms with van der Waals surface area (Å²) in [6.07, 6.45) is 0.864. The number of hydroxylamine groups is 1. The van der Waals surface area contributed by atoms with Crippen LogP contribution >= 0.6 is 27.5 Å². The maximum Gasteiger partial charge on any atom is 0.274 e. The third kappa shape index (κ3) is 5.77. The fraction of sp³-hybridized carbons (Fsp3) is 0.292. The lowest BCUT2D eigenvalue weighted by Crippen LogP contribution is -2.46. The van der Waals surface area contributed by atoms with E-state index in [1.54, 1.807) is 0 Å². The summed E-state index contributed by atoms with van der Waals surface area (Å²) in [5, 5.41) is 2.86. The van der Waals surface area contributed by atoms with Crippen LogP contribution in [0.15, 0.2) is 65.1 Å². The molecule has 0 unspecified atom stereocenters. The van der Waals surface area contributed by atoms with E-state index >= 15 is 0 Å². The molecule has 0 spiro atoms. The second-order valence-corrected chi connectivity index (χ2v) is 8.91. The normalized spacial score (nSPS) is 14.7. The number of benzene rings is 3. The first-order valence-electron chi connectivity index (χ1n) is 10.4. The number of carbonyl (C=O) groups excluding carboxylic acids is 1. The highest BCUT2D eigenvalue weighted by atomic mass is 79.9. The molecule has 0 aromatic heterocycles. The predicted octanol–water partition coefficient (Wildman–Crippen LogP) is 5.13. The smallest absolute Gasteiger partial charge is 0.274 e. The summed E-state index contributed by atoms with van der Waals surface area (Å²) in [6, 6.07) is 19.7. The van der Waals surface area contributed by atoms with Crippen molar-refractivity contribution in [2.45, 2.75) is 6.42 Å². The molecule has 0 aliphatic carbocycles. The van der Waals surface area contributed by atoms with Crippen molar-refractivity contribution in [2.75, 3.05) is 44.2 Å². The van der Waals surface area contributed by atoms with Gasteiger partial charge in [-0.2, -0.15) is 0 Å². The molecule has 7 heteroatoms. The van der Waals surface area contributed by atoms with Crippen LogP contribution in [-0.2, 0) is 4.84 Å². The number of hydrogen-bond acceptors (Lipinski definition) is 4. The summed E-state index contributed by atoms with van der Waals surface area (Å²) in [6.45, 7) is 5.45. The fourth-order valence-corrected chi connectivity index (χ4v) is 4.55. The summed E-state index contributed by atoms with van der Waals surface area (Å²) in [5.41, 5.74) is 4.36. The van der Waals surface area contributed by atoms with Gasteiger partial charge >= 0.3 is 0 Å². The number of fused-ring (bicyclic) bond motifs is 1. The molecule has 3 aromatic carbocycles. The fourth-order valence-electron chi connectivity index (χ4n) is 3.81. The number of amides is 1. The molecule has 0 radical (unpaired) electrons. The Hall–Kier alpha value is -2.12. The number of nitrogens with one attached hydrogen (secondary N) is 1. The summed E-state index contributed by atoms with van der Waals surface area (Å²) in [5.74, 6) is -0.233. The Bertz CT molecular complexity index is 1040. The second kappa shape index (κ2) is 10.5. The highest BCUT2D eigenvalue weighted by Gasteiger charge is 2.17. The van der Waals surface area contributed by atoms with E-state index in [1.807, 2.05) is 48.5 Å². The molecule has 1 heterocycles. The minimum absolute atomic E-state index is 0.233. The molecule has 1 saturated heterocycles. The Kier molecular flexibility index (Phi) is 7.45. The zero-order valence-corrected chi connectivity index (χ0v) is 19.5. The topological polar surface area (TPSA) is 44.8 Å². The van der Waals surface area contributed by atoms with Crippen molar-refractivity contribution in [3.8, 4) is 0 Å². The van der Waals surface area contributed by atoms with Crippen LogP contribution in [0.3, 0.4) is 0 Å². The van der Waals surface area contributed by atoms with Crippen molar-refractivity contribution < 1.29 is 9.63 Å². The van der Waals surface area contributed by atoms with E-state index < -0.39 is 0 Å². The Morgan fingerprint density at radius 1 is 1.03 bits per heavy atom. The summed E-state index contributed by atoms with van der Waals surface area (Å²) < 4.78 is 0.897. The van der Waals surface area contributed by atoms with Crippen LogP contribution in [0.4, 0.5) is 5.69 Å². The zero-order chi connectivity index (χ0) is 21.6. The largest absolute Gasteiger partial charge is 0.369 e. The van der Waals surface area contributed by atoms with Crippen molar-refractivity contribution in [3.63, 3.8) is 0 Å². The van der Waals surface area contributed by atoms with E-state index in [4.69, 9.17) is 16.4 Å². The number of rotatable bonds is 7. The molecular formula is C24H25BrClN3O2. The Labute approximate surface area is 196 Å². The van der Waals surface area contributed by atoms with Gasteiger partial charge in [0.15, 0.2) is 0 Å². The van der Waals surface area contributed by atoms with E-state index in [2.05, 4.69) is 43.3 Å². The van der Waals surface area contributed by atoms with Gasteiger partial charge in [-0.1, -0.05) is 51.8 Å². The number of nitrogens with zero attached hydrogens (tertiary/aromatic N) is 2. The average Bonchev–Trinajstić information content (AvgIpc) is 2.80. The number of anilines is 1. The van der Waals surface area contributed by atoms with Crippen molar-refractivity contribution in [2.24, 2.45) is 0 Å².